The lowest BCUT2D eigenvalue weighted by Crippen LogP contribution is -2.21. The molecule has 1 N–H and O–H groups in total. The molecule has 0 fully saturated rings. The fourth-order valence-electron chi connectivity index (χ4n) is 3.12. The molecule has 33 heavy (non-hydrogen) atoms. The maximum atomic E-state index is 12.8. The Kier molecular flexibility index (Phi) is 8.15. The van der Waals surface area contributed by atoms with Gasteiger partial charge in [0.25, 0.3) is 5.91 Å². The first-order valence-electron chi connectivity index (χ1n) is 10.1. The largest absolute Gasteiger partial charge is 0.493 e. The zero-order chi connectivity index (χ0) is 23.8. The van der Waals surface area contributed by atoms with E-state index in [1.807, 2.05) is 6.07 Å². The Labute approximate surface area is 196 Å². The third-order valence-corrected chi connectivity index (χ3v) is 5.54. The normalized spacial score (nSPS) is 10.3. The molecule has 2 aromatic carbocycles. The van der Waals surface area contributed by atoms with E-state index in [4.69, 9.17) is 23.7 Å². The van der Waals surface area contributed by atoms with Crippen LogP contribution in [0.2, 0.25) is 0 Å². The summed E-state index contributed by atoms with van der Waals surface area (Å²) in [6.45, 7) is 1.66. The predicted molar refractivity (Wildman–Crippen MR) is 126 cm³/mol. The number of hydrogen-bond acceptors (Lipinski definition) is 8. The number of carbonyl (C=O) groups excluding carboxylic acids is 2. The van der Waals surface area contributed by atoms with Crippen LogP contribution >= 0.6 is 11.3 Å². The summed E-state index contributed by atoms with van der Waals surface area (Å²) in [6, 6.07) is 12.3. The van der Waals surface area contributed by atoms with E-state index in [1.54, 1.807) is 55.8 Å². The number of esters is 1. The molecule has 0 saturated heterocycles. The minimum absolute atomic E-state index is 0.199. The molecular weight excluding hydrogens is 446 g/mol. The van der Waals surface area contributed by atoms with Gasteiger partial charge in [-0.05, 0) is 36.8 Å². The summed E-state index contributed by atoms with van der Waals surface area (Å²) < 4.78 is 26.7. The van der Waals surface area contributed by atoms with Crippen molar-refractivity contribution < 1.29 is 33.3 Å². The van der Waals surface area contributed by atoms with E-state index in [0.717, 1.165) is 5.56 Å². The van der Waals surface area contributed by atoms with Gasteiger partial charge < -0.3 is 29.0 Å². The zero-order valence-corrected chi connectivity index (χ0v) is 19.6. The van der Waals surface area contributed by atoms with Gasteiger partial charge in [0.1, 0.15) is 10.6 Å². The third kappa shape index (κ3) is 5.56. The average molecular weight is 472 g/mol. The molecule has 0 aliphatic heterocycles. The topological polar surface area (TPSA) is 92.3 Å². The van der Waals surface area contributed by atoms with Crippen LogP contribution in [0.1, 0.15) is 17.3 Å². The minimum atomic E-state index is -0.538. The van der Waals surface area contributed by atoms with Crippen LogP contribution in [0.25, 0.3) is 11.1 Å². The number of rotatable bonds is 10. The van der Waals surface area contributed by atoms with Gasteiger partial charge in [-0.15, -0.1) is 11.3 Å². The molecule has 0 atom stereocenters. The van der Waals surface area contributed by atoms with Gasteiger partial charge in [0.15, 0.2) is 29.6 Å². The number of benzene rings is 2. The van der Waals surface area contributed by atoms with Crippen molar-refractivity contribution in [2.75, 3.05) is 39.9 Å². The van der Waals surface area contributed by atoms with Gasteiger partial charge in [0.05, 0.1) is 27.9 Å². The molecule has 174 valence electrons. The minimum Gasteiger partial charge on any atom is -0.493 e. The second kappa shape index (κ2) is 11.2. The van der Waals surface area contributed by atoms with Gasteiger partial charge in [-0.1, -0.05) is 18.2 Å². The van der Waals surface area contributed by atoms with E-state index in [9.17, 15) is 9.59 Å². The van der Waals surface area contributed by atoms with E-state index in [1.165, 1.54) is 25.6 Å². The van der Waals surface area contributed by atoms with Crippen molar-refractivity contribution in [2.45, 2.75) is 6.92 Å². The van der Waals surface area contributed by atoms with Gasteiger partial charge in [-0.25, -0.2) is 4.79 Å². The monoisotopic (exact) mass is 471 g/mol. The first-order valence-corrected chi connectivity index (χ1v) is 11.0. The van der Waals surface area contributed by atoms with Gasteiger partial charge in [-0.3, -0.25) is 4.79 Å². The van der Waals surface area contributed by atoms with E-state index in [-0.39, 0.29) is 18.8 Å². The van der Waals surface area contributed by atoms with Crippen LogP contribution in [0.3, 0.4) is 0 Å². The Morgan fingerprint density at radius 2 is 1.58 bits per heavy atom. The van der Waals surface area contributed by atoms with Crippen LogP contribution in [0.4, 0.5) is 5.00 Å². The Bertz CT molecular complexity index is 1130. The molecule has 8 nitrogen and oxygen atoms in total. The van der Waals surface area contributed by atoms with Crippen molar-refractivity contribution in [1.29, 1.82) is 0 Å². The zero-order valence-electron chi connectivity index (χ0n) is 18.8. The summed E-state index contributed by atoms with van der Waals surface area (Å²) in [6.07, 6.45) is 0. The average Bonchev–Trinajstić information content (AvgIpc) is 3.26. The number of carbonyl (C=O) groups is 2. The maximum absolute atomic E-state index is 12.8. The van der Waals surface area contributed by atoms with E-state index in [2.05, 4.69) is 5.32 Å². The summed E-state index contributed by atoms with van der Waals surface area (Å²) in [7, 11) is 4.61. The van der Waals surface area contributed by atoms with Crippen LogP contribution in [0.5, 0.6) is 23.0 Å². The molecule has 0 bridgehead atoms. The molecule has 0 saturated carbocycles. The lowest BCUT2D eigenvalue weighted by Gasteiger charge is -2.12. The van der Waals surface area contributed by atoms with Crippen molar-refractivity contribution in [3.63, 3.8) is 0 Å². The number of thiophene rings is 1. The highest BCUT2D eigenvalue weighted by atomic mass is 32.1. The van der Waals surface area contributed by atoms with Gasteiger partial charge in [0, 0.05) is 10.9 Å². The highest BCUT2D eigenvalue weighted by molar-refractivity contribution is 7.15. The molecular formula is C24H25NO7S. The molecule has 3 rings (SSSR count). The summed E-state index contributed by atoms with van der Waals surface area (Å²) in [5, 5.41) is 4.91. The van der Waals surface area contributed by atoms with E-state index >= 15 is 0 Å². The molecule has 1 aromatic heterocycles. The van der Waals surface area contributed by atoms with Gasteiger partial charge >= 0.3 is 5.97 Å². The number of nitrogens with one attached hydrogen (secondary N) is 1. The van der Waals surface area contributed by atoms with Gasteiger partial charge in [-0.2, -0.15) is 0 Å². The number of hydrogen-bond donors (Lipinski definition) is 1. The Morgan fingerprint density at radius 1 is 0.909 bits per heavy atom. The predicted octanol–water partition coefficient (Wildman–Crippen LogP) is 4.64. The summed E-state index contributed by atoms with van der Waals surface area (Å²) in [5.41, 5.74) is 1.60. The maximum Gasteiger partial charge on any atom is 0.341 e. The second-order valence-corrected chi connectivity index (χ2v) is 7.51. The quantitative estimate of drug-likeness (QED) is 0.431. The van der Waals surface area contributed by atoms with Crippen LogP contribution in [0, 0.1) is 0 Å². The molecule has 0 spiro atoms. The van der Waals surface area contributed by atoms with Crippen molar-refractivity contribution >= 4 is 28.2 Å². The Balaban J connectivity index is 1.86. The van der Waals surface area contributed by atoms with Crippen molar-refractivity contribution in [3.8, 4) is 34.1 Å². The molecule has 9 heteroatoms. The van der Waals surface area contributed by atoms with Crippen molar-refractivity contribution in [3.05, 3.63) is 53.4 Å². The number of para-hydroxylation sites is 2. The Morgan fingerprint density at radius 3 is 2.24 bits per heavy atom. The van der Waals surface area contributed by atoms with Crippen molar-refractivity contribution in [1.82, 2.24) is 0 Å². The number of ether oxygens (including phenoxy) is 5. The molecule has 1 heterocycles. The highest BCUT2D eigenvalue weighted by Gasteiger charge is 2.24. The standard InChI is InChI=1S/C24H25NO7S/c1-5-31-24(27)22-16(15-10-11-18(29-3)20(12-15)30-4)14-33-23(22)25-21(26)13-32-19-9-7-6-8-17(19)28-2/h6-12,14H,5,13H2,1-4H3,(H,25,26). The lowest BCUT2D eigenvalue weighted by atomic mass is 10.0. The molecule has 0 aliphatic rings. The first-order chi connectivity index (χ1) is 16.0. The van der Waals surface area contributed by atoms with Gasteiger partial charge in [0.2, 0.25) is 0 Å². The van der Waals surface area contributed by atoms with Crippen molar-refractivity contribution in [2.24, 2.45) is 0 Å². The van der Waals surface area contributed by atoms with Crippen LogP contribution < -0.4 is 24.3 Å². The molecule has 0 radical (unpaired) electrons. The van der Waals surface area contributed by atoms with E-state index < -0.39 is 11.9 Å². The highest BCUT2D eigenvalue weighted by Crippen LogP contribution is 2.39. The number of methoxy groups -OCH3 is 3. The number of anilines is 1. The molecule has 1 amide bonds. The SMILES string of the molecule is CCOC(=O)c1c(-c2ccc(OC)c(OC)c2)csc1NC(=O)COc1ccccc1OC. The molecule has 3 aromatic rings. The fourth-order valence-corrected chi connectivity index (χ4v) is 4.09. The smallest absolute Gasteiger partial charge is 0.341 e. The summed E-state index contributed by atoms with van der Waals surface area (Å²) in [5.74, 6) is 1.09. The number of amides is 1. The first kappa shape index (κ1) is 23.9. The van der Waals surface area contributed by atoms with Crippen LogP contribution in [-0.2, 0) is 9.53 Å². The Hall–Kier alpha value is -3.72. The fraction of sp³-hybridized carbons (Fsp3) is 0.250. The summed E-state index contributed by atoms with van der Waals surface area (Å²) in [4.78, 5) is 25.4. The van der Waals surface area contributed by atoms with Crippen LogP contribution in [-0.4, -0.2) is 46.4 Å². The van der Waals surface area contributed by atoms with E-state index in [0.29, 0.717) is 33.6 Å². The molecule has 0 unspecified atom stereocenters. The second-order valence-electron chi connectivity index (χ2n) is 6.63. The third-order valence-electron chi connectivity index (χ3n) is 4.65. The summed E-state index contributed by atoms with van der Waals surface area (Å²) >= 11 is 1.22. The lowest BCUT2D eigenvalue weighted by molar-refractivity contribution is -0.118. The van der Waals surface area contributed by atoms with Crippen LogP contribution in [0.15, 0.2) is 47.8 Å². The molecule has 0 aliphatic carbocycles.